The molecular formula is C18H24O6S. The number of ketones is 1. The van der Waals surface area contributed by atoms with Crippen LogP contribution < -0.4 is 0 Å². The van der Waals surface area contributed by atoms with Crippen molar-refractivity contribution in [2.45, 2.75) is 45.6 Å². The molecule has 0 amide bonds. The van der Waals surface area contributed by atoms with E-state index >= 15 is 0 Å². The van der Waals surface area contributed by atoms with Crippen LogP contribution in [0, 0.1) is 18.8 Å². The molecule has 25 heavy (non-hydrogen) atoms. The average Bonchev–Trinajstić information content (AvgIpc) is 2.92. The number of aliphatic hydroxyl groups is 1. The van der Waals surface area contributed by atoms with Gasteiger partial charge in [-0.05, 0) is 39.8 Å². The van der Waals surface area contributed by atoms with Crippen LogP contribution in [0.3, 0.4) is 0 Å². The molecule has 0 saturated heterocycles. The SMILES string of the molecule is CCOC(=O)[C@@H]1C(=O)C[C@](C)(O)[C@@H](C(=O)OCC)[C@@H]1c1ccc(C)s1. The lowest BCUT2D eigenvalue weighted by atomic mass is 9.63. The normalized spacial score (nSPS) is 29.3. The van der Waals surface area contributed by atoms with Crippen LogP contribution in [0.4, 0.5) is 0 Å². The standard InChI is InChI=1S/C18H24O6S/c1-5-23-16(20)13-11(19)9-18(4,22)15(17(21)24-6-2)14(13)12-8-7-10(3)25-12/h7-8,13-15,22H,5-6,9H2,1-4H3/t13-,14-,15-,18+/m1/s1. The Morgan fingerprint density at radius 2 is 1.84 bits per heavy atom. The third-order valence-corrected chi connectivity index (χ3v) is 5.54. The molecule has 1 N–H and O–H groups in total. The fraction of sp³-hybridized carbons (Fsp3) is 0.611. The van der Waals surface area contributed by atoms with Gasteiger partial charge in [0.15, 0.2) is 5.78 Å². The highest BCUT2D eigenvalue weighted by Crippen LogP contribution is 2.48. The van der Waals surface area contributed by atoms with Crippen molar-refractivity contribution in [2.75, 3.05) is 13.2 Å². The molecular weight excluding hydrogens is 344 g/mol. The number of rotatable bonds is 5. The third-order valence-electron chi connectivity index (χ3n) is 4.44. The van der Waals surface area contributed by atoms with Crippen LogP contribution in [0.1, 0.15) is 42.9 Å². The summed E-state index contributed by atoms with van der Waals surface area (Å²) in [4.78, 5) is 39.4. The lowest BCUT2D eigenvalue weighted by Gasteiger charge is -2.43. The van der Waals surface area contributed by atoms with Crippen molar-refractivity contribution in [3.63, 3.8) is 0 Å². The van der Waals surface area contributed by atoms with E-state index in [0.717, 1.165) is 4.88 Å². The van der Waals surface area contributed by atoms with Crippen LogP contribution >= 0.6 is 11.3 Å². The number of esters is 2. The quantitative estimate of drug-likeness (QED) is 0.633. The summed E-state index contributed by atoms with van der Waals surface area (Å²) in [6, 6.07) is 3.65. The summed E-state index contributed by atoms with van der Waals surface area (Å²) in [6.07, 6.45) is -0.291. The first-order chi connectivity index (χ1) is 11.7. The molecule has 0 spiro atoms. The van der Waals surface area contributed by atoms with E-state index in [2.05, 4.69) is 0 Å². The Balaban J connectivity index is 2.56. The number of aryl methyl sites for hydroxylation is 1. The van der Waals surface area contributed by atoms with E-state index < -0.39 is 41.1 Å². The molecule has 138 valence electrons. The van der Waals surface area contributed by atoms with E-state index in [-0.39, 0.29) is 19.6 Å². The van der Waals surface area contributed by atoms with E-state index in [1.165, 1.54) is 18.3 Å². The molecule has 1 aromatic heterocycles. The second-order valence-electron chi connectivity index (χ2n) is 6.43. The van der Waals surface area contributed by atoms with Gasteiger partial charge in [-0.3, -0.25) is 14.4 Å². The predicted molar refractivity (Wildman–Crippen MR) is 92.3 cm³/mol. The maximum Gasteiger partial charge on any atom is 0.317 e. The minimum Gasteiger partial charge on any atom is -0.466 e. The molecule has 0 radical (unpaired) electrons. The second-order valence-corrected chi connectivity index (χ2v) is 7.75. The van der Waals surface area contributed by atoms with Crippen molar-refractivity contribution >= 4 is 29.1 Å². The molecule has 1 aliphatic carbocycles. The van der Waals surface area contributed by atoms with Crippen molar-refractivity contribution < 1.29 is 29.0 Å². The van der Waals surface area contributed by atoms with E-state index in [1.54, 1.807) is 19.9 Å². The van der Waals surface area contributed by atoms with Gasteiger partial charge in [0.25, 0.3) is 0 Å². The minimum atomic E-state index is -1.59. The molecule has 6 nitrogen and oxygen atoms in total. The summed E-state index contributed by atoms with van der Waals surface area (Å²) in [5.74, 6) is -4.61. The predicted octanol–water partition coefficient (Wildman–Crippen LogP) is 2.22. The van der Waals surface area contributed by atoms with Gasteiger partial charge >= 0.3 is 11.9 Å². The summed E-state index contributed by atoms with van der Waals surface area (Å²) in [6.45, 7) is 6.97. The van der Waals surface area contributed by atoms with E-state index in [1.807, 2.05) is 13.0 Å². The molecule has 0 aliphatic heterocycles. The van der Waals surface area contributed by atoms with E-state index in [9.17, 15) is 19.5 Å². The molecule has 2 rings (SSSR count). The third kappa shape index (κ3) is 3.93. The first-order valence-electron chi connectivity index (χ1n) is 8.37. The Kier molecular flexibility index (Phi) is 6.00. The molecule has 0 bridgehead atoms. The summed E-state index contributed by atoms with van der Waals surface area (Å²) in [5.41, 5.74) is -1.59. The van der Waals surface area contributed by atoms with Crippen LogP contribution in [-0.2, 0) is 23.9 Å². The zero-order chi connectivity index (χ0) is 18.8. The molecule has 1 aliphatic rings. The largest absolute Gasteiger partial charge is 0.466 e. The first-order valence-corrected chi connectivity index (χ1v) is 9.19. The molecule has 1 heterocycles. The van der Waals surface area contributed by atoms with Gasteiger partial charge in [-0.1, -0.05) is 0 Å². The van der Waals surface area contributed by atoms with Crippen molar-refractivity contribution in [1.82, 2.24) is 0 Å². The Hall–Kier alpha value is -1.73. The topological polar surface area (TPSA) is 89.9 Å². The summed E-state index contributed by atoms with van der Waals surface area (Å²) < 4.78 is 10.2. The number of Topliss-reactive ketones (excluding diaryl/α,β-unsaturated/α-hetero) is 1. The van der Waals surface area contributed by atoms with Crippen molar-refractivity contribution in [3.05, 3.63) is 21.9 Å². The molecule has 0 unspecified atom stereocenters. The molecule has 0 aromatic carbocycles. The number of carbonyl (C=O) groups is 3. The monoisotopic (exact) mass is 368 g/mol. The highest BCUT2D eigenvalue weighted by Gasteiger charge is 2.57. The first kappa shape index (κ1) is 19.6. The van der Waals surface area contributed by atoms with Gasteiger partial charge in [0.2, 0.25) is 0 Å². The maximum atomic E-state index is 12.6. The lowest BCUT2D eigenvalue weighted by molar-refractivity contribution is -0.172. The van der Waals surface area contributed by atoms with Crippen molar-refractivity contribution in [1.29, 1.82) is 0 Å². The van der Waals surface area contributed by atoms with Crippen LogP contribution in [0.25, 0.3) is 0 Å². The van der Waals surface area contributed by atoms with Crippen LogP contribution in [0.2, 0.25) is 0 Å². The Labute approximate surface area is 151 Å². The van der Waals surface area contributed by atoms with Gasteiger partial charge < -0.3 is 14.6 Å². The highest BCUT2D eigenvalue weighted by molar-refractivity contribution is 7.12. The molecule has 1 saturated carbocycles. The Morgan fingerprint density at radius 1 is 1.24 bits per heavy atom. The molecule has 1 aromatic rings. The summed E-state index contributed by atoms with van der Waals surface area (Å²) in [7, 11) is 0. The maximum absolute atomic E-state index is 12.6. The number of hydrogen-bond acceptors (Lipinski definition) is 7. The number of hydrogen-bond donors (Lipinski definition) is 1. The van der Waals surface area contributed by atoms with Gasteiger partial charge in [-0.2, -0.15) is 0 Å². The smallest absolute Gasteiger partial charge is 0.317 e. The van der Waals surface area contributed by atoms with E-state index in [0.29, 0.717) is 4.88 Å². The van der Waals surface area contributed by atoms with Gasteiger partial charge in [0, 0.05) is 22.1 Å². The Morgan fingerprint density at radius 3 is 2.36 bits per heavy atom. The average molecular weight is 368 g/mol. The molecule has 4 atom stereocenters. The summed E-state index contributed by atoms with van der Waals surface area (Å²) >= 11 is 1.40. The Bertz CT molecular complexity index is 662. The van der Waals surface area contributed by atoms with Gasteiger partial charge in [0.05, 0.1) is 24.7 Å². The van der Waals surface area contributed by atoms with Crippen LogP contribution in [-0.4, -0.2) is 41.6 Å². The van der Waals surface area contributed by atoms with Crippen molar-refractivity contribution in [3.8, 4) is 0 Å². The number of carbonyl (C=O) groups excluding carboxylic acids is 3. The molecule has 1 fully saturated rings. The highest BCUT2D eigenvalue weighted by atomic mass is 32.1. The number of ether oxygens (including phenoxy) is 2. The second kappa shape index (κ2) is 7.66. The minimum absolute atomic E-state index is 0.138. The van der Waals surface area contributed by atoms with Gasteiger partial charge in [0.1, 0.15) is 5.92 Å². The van der Waals surface area contributed by atoms with Gasteiger partial charge in [-0.15, -0.1) is 11.3 Å². The van der Waals surface area contributed by atoms with Gasteiger partial charge in [-0.25, -0.2) is 0 Å². The lowest BCUT2D eigenvalue weighted by Crippen LogP contribution is -2.55. The fourth-order valence-electron chi connectivity index (χ4n) is 3.46. The van der Waals surface area contributed by atoms with Crippen LogP contribution in [0.5, 0.6) is 0 Å². The zero-order valence-corrected chi connectivity index (χ0v) is 15.7. The number of thiophene rings is 1. The van der Waals surface area contributed by atoms with Crippen LogP contribution in [0.15, 0.2) is 12.1 Å². The van der Waals surface area contributed by atoms with Crippen molar-refractivity contribution in [2.24, 2.45) is 11.8 Å². The van der Waals surface area contributed by atoms with E-state index in [4.69, 9.17) is 9.47 Å². The molecule has 7 heteroatoms. The summed E-state index contributed by atoms with van der Waals surface area (Å²) in [5, 5.41) is 10.8. The fourth-order valence-corrected chi connectivity index (χ4v) is 4.51. The zero-order valence-electron chi connectivity index (χ0n) is 14.9.